The molecule has 4 heteroatoms. The molecule has 0 saturated carbocycles. The van der Waals surface area contributed by atoms with E-state index in [1.165, 1.54) is 0 Å². The highest BCUT2D eigenvalue weighted by atomic mass is 16.5. The summed E-state index contributed by atoms with van der Waals surface area (Å²) in [7, 11) is 0. The van der Waals surface area contributed by atoms with Crippen molar-refractivity contribution in [1.29, 1.82) is 0 Å². The third-order valence-electron chi connectivity index (χ3n) is 2.89. The Labute approximate surface area is 108 Å². The first kappa shape index (κ1) is 12.9. The molecule has 0 aliphatic heterocycles. The average Bonchev–Trinajstić information content (AvgIpc) is 2.37. The monoisotopic (exact) mass is 247 g/mol. The number of aryl methyl sites for hydroxylation is 1. The molecule has 2 rings (SSSR count). The van der Waals surface area contributed by atoms with Crippen LogP contribution in [0, 0.1) is 6.92 Å². The summed E-state index contributed by atoms with van der Waals surface area (Å²) in [6.07, 6.45) is 8.74. The molecule has 1 aliphatic rings. The van der Waals surface area contributed by atoms with Gasteiger partial charge in [0, 0.05) is 17.8 Å². The first-order valence-corrected chi connectivity index (χ1v) is 6.68. The number of ether oxygens (including phenoxy) is 1. The fourth-order valence-electron chi connectivity index (χ4n) is 1.99. The van der Waals surface area contributed by atoms with Crippen LogP contribution in [0.4, 0.5) is 5.95 Å². The van der Waals surface area contributed by atoms with Crippen molar-refractivity contribution < 1.29 is 4.74 Å². The number of nitrogens with one attached hydrogen (secondary N) is 1. The zero-order valence-corrected chi connectivity index (χ0v) is 11.1. The predicted molar refractivity (Wildman–Crippen MR) is 73.0 cm³/mol. The topological polar surface area (TPSA) is 47.0 Å². The van der Waals surface area contributed by atoms with Crippen LogP contribution >= 0.6 is 0 Å². The lowest BCUT2D eigenvalue weighted by Crippen LogP contribution is -2.22. The van der Waals surface area contributed by atoms with Crippen LogP contribution in [0.5, 0.6) is 5.88 Å². The highest BCUT2D eigenvalue weighted by molar-refractivity contribution is 5.32. The van der Waals surface area contributed by atoms with Gasteiger partial charge in [-0.3, -0.25) is 0 Å². The van der Waals surface area contributed by atoms with Crippen LogP contribution < -0.4 is 10.1 Å². The number of rotatable bonds is 5. The average molecular weight is 247 g/mol. The van der Waals surface area contributed by atoms with E-state index < -0.39 is 0 Å². The minimum atomic E-state index is 0.441. The van der Waals surface area contributed by atoms with Crippen LogP contribution in [0.25, 0.3) is 0 Å². The highest BCUT2D eigenvalue weighted by Crippen LogP contribution is 2.17. The molecule has 0 radical (unpaired) electrons. The van der Waals surface area contributed by atoms with E-state index in [1.54, 1.807) is 0 Å². The predicted octanol–water partition coefficient (Wildman–Crippen LogP) is 3.09. The molecule has 1 aliphatic carbocycles. The van der Waals surface area contributed by atoms with Gasteiger partial charge < -0.3 is 10.1 Å². The number of anilines is 1. The normalized spacial score (nSPS) is 18.7. The number of nitrogens with zero attached hydrogens (tertiary/aromatic N) is 2. The van der Waals surface area contributed by atoms with Crippen molar-refractivity contribution >= 4 is 5.95 Å². The van der Waals surface area contributed by atoms with E-state index in [0.717, 1.165) is 31.4 Å². The molecule has 0 saturated heterocycles. The Morgan fingerprint density at radius 3 is 3.00 bits per heavy atom. The van der Waals surface area contributed by atoms with Gasteiger partial charge in [0.15, 0.2) is 0 Å². The molecule has 0 fully saturated rings. The third-order valence-corrected chi connectivity index (χ3v) is 2.89. The van der Waals surface area contributed by atoms with Crippen molar-refractivity contribution in [3.05, 3.63) is 23.9 Å². The van der Waals surface area contributed by atoms with Crippen LogP contribution in [-0.2, 0) is 0 Å². The summed E-state index contributed by atoms with van der Waals surface area (Å²) in [5.41, 5.74) is 0.935. The molecule has 1 N–H and O–H groups in total. The van der Waals surface area contributed by atoms with Gasteiger partial charge >= 0.3 is 0 Å². The van der Waals surface area contributed by atoms with Crippen LogP contribution in [0.3, 0.4) is 0 Å². The number of hydrogen-bond acceptors (Lipinski definition) is 4. The van der Waals surface area contributed by atoms with Crippen molar-refractivity contribution in [1.82, 2.24) is 9.97 Å². The lowest BCUT2D eigenvalue weighted by atomic mass is 10.0. The molecule has 1 aromatic rings. The molecule has 0 amide bonds. The Morgan fingerprint density at radius 1 is 1.39 bits per heavy atom. The second kappa shape index (κ2) is 6.38. The minimum absolute atomic E-state index is 0.441. The van der Waals surface area contributed by atoms with Crippen LogP contribution in [0.2, 0.25) is 0 Å². The summed E-state index contributed by atoms with van der Waals surface area (Å²) in [4.78, 5) is 8.81. The molecular formula is C14H21N3O. The summed E-state index contributed by atoms with van der Waals surface area (Å²) < 4.78 is 5.56. The zero-order valence-electron chi connectivity index (χ0n) is 11.1. The van der Waals surface area contributed by atoms with Crippen molar-refractivity contribution in [2.45, 2.75) is 45.6 Å². The highest BCUT2D eigenvalue weighted by Gasteiger charge is 2.11. The molecule has 98 valence electrons. The van der Waals surface area contributed by atoms with Gasteiger partial charge in [0.2, 0.25) is 11.8 Å². The van der Waals surface area contributed by atoms with E-state index in [2.05, 4.69) is 34.4 Å². The fourth-order valence-corrected chi connectivity index (χ4v) is 1.99. The van der Waals surface area contributed by atoms with Gasteiger partial charge in [0.05, 0.1) is 6.61 Å². The lowest BCUT2D eigenvalue weighted by Gasteiger charge is -2.19. The van der Waals surface area contributed by atoms with E-state index in [-0.39, 0.29) is 0 Å². The van der Waals surface area contributed by atoms with Gasteiger partial charge in [-0.15, -0.1) is 0 Å². The van der Waals surface area contributed by atoms with Crippen molar-refractivity contribution in [3.8, 4) is 5.88 Å². The maximum atomic E-state index is 5.56. The lowest BCUT2D eigenvalue weighted by molar-refractivity contribution is 0.304. The summed E-state index contributed by atoms with van der Waals surface area (Å²) in [6.45, 7) is 4.75. The van der Waals surface area contributed by atoms with Crippen molar-refractivity contribution in [3.63, 3.8) is 0 Å². The SMILES string of the molecule is CCCOc1cc(C)nc(NC2CC=CCC2)n1. The van der Waals surface area contributed by atoms with Crippen LogP contribution in [-0.4, -0.2) is 22.6 Å². The van der Waals surface area contributed by atoms with Crippen LogP contribution in [0.1, 0.15) is 38.3 Å². The Balaban J connectivity index is 2.02. The van der Waals surface area contributed by atoms with E-state index in [0.29, 0.717) is 24.5 Å². The Hall–Kier alpha value is -1.58. The molecule has 0 bridgehead atoms. The van der Waals surface area contributed by atoms with E-state index in [4.69, 9.17) is 4.74 Å². The maximum Gasteiger partial charge on any atom is 0.226 e. The summed E-state index contributed by atoms with van der Waals surface area (Å²) in [5.74, 6) is 1.35. The quantitative estimate of drug-likeness (QED) is 0.812. The first-order chi connectivity index (χ1) is 8.78. The van der Waals surface area contributed by atoms with Crippen molar-refractivity contribution in [2.75, 3.05) is 11.9 Å². The second-order valence-corrected chi connectivity index (χ2v) is 4.65. The van der Waals surface area contributed by atoms with Gasteiger partial charge in [0.1, 0.15) is 0 Å². The van der Waals surface area contributed by atoms with E-state index in [1.807, 2.05) is 13.0 Å². The van der Waals surface area contributed by atoms with E-state index >= 15 is 0 Å². The molecular weight excluding hydrogens is 226 g/mol. The van der Waals surface area contributed by atoms with E-state index in [9.17, 15) is 0 Å². The third kappa shape index (κ3) is 3.72. The maximum absolute atomic E-state index is 5.56. The van der Waals surface area contributed by atoms with Gasteiger partial charge in [-0.25, -0.2) is 4.98 Å². The molecule has 0 aromatic carbocycles. The van der Waals surface area contributed by atoms with Crippen LogP contribution in [0.15, 0.2) is 18.2 Å². The van der Waals surface area contributed by atoms with Gasteiger partial charge in [-0.2, -0.15) is 4.98 Å². The smallest absolute Gasteiger partial charge is 0.226 e. The van der Waals surface area contributed by atoms with Gasteiger partial charge in [-0.05, 0) is 32.6 Å². The minimum Gasteiger partial charge on any atom is -0.478 e. The summed E-state index contributed by atoms with van der Waals surface area (Å²) >= 11 is 0. The molecule has 1 heterocycles. The molecule has 4 nitrogen and oxygen atoms in total. The van der Waals surface area contributed by atoms with Gasteiger partial charge in [0.25, 0.3) is 0 Å². The number of aromatic nitrogens is 2. The first-order valence-electron chi connectivity index (χ1n) is 6.68. The summed E-state index contributed by atoms with van der Waals surface area (Å²) in [5, 5.41) is 3.39. The Kier molecular flexibility index (Phi) is 4.56. The Bertz CT molecular complexity index is 418. The standard InChI is InChI=1S/C14H21N3O/c1-3-9-18-13-10-11(2)15-14(17-13)16-12-7-5-4-6-8-12/h4-5,10,12H,3,6-9H2,1-2H3,(H,15,16,17). The van der Waals surface area contributed by atoms with Gasteiger partial charge in [-0.1, -0.05) is 19.1 Å². The number of hydrogen-bond donors (Lipinski definition) is 1. The molecule has 1 unspecified atom stereocenters. The Morgan fingerprint density at radius 2 is 2.28 bits per heavy atom. The second-order valence-electron chi connectivity index (χ2n) is 4.65. The molecule has 1 aromatic heterocycles. The molecule has 18 heavy (non-hydrogen) atoms. The number of allylic oxidation sites excluding steroid dienone is 1. The molecule has 1 atom stereocenters. The molecule has 0 spiro atoms. The zero-order chi connectivity index (χ0) is 12.8. The van der Waals surface area contributed by atoms with Crippen molar-refractivity contribution in [2.24, 2.45) is 0 Å². The summed E-state index contributed by atoms with van der Waals surface area (Å²) in [6, 6.07) is 2.32. The fraction of sp³-hybridized carbons (Fsp3) is 0.571. The largest absolute Gasteiger partial charge is 0.478 e.